The first-order valence-electron chi connectivity index (χ1n) is 8.88. The van der Waals surface area contributed by atoms with E-state index in [9.17, 15) is 9.90 Å². The van der Waals surface area contributed by atoms with E-state index in [2.05, 4.69) is 5.32 Å². The van der Waals surface area contributed by atoms with Crippen LogP contribution in [0, 0.1) is 0 Å². The van der Waals surface area contributed by atoms with Gasteiger partial charge in [-0.25, -0.2) is 0 Å². The molecule has 0 spiro atoms. The van der Waals surface area contributed by atoms with Crippen LogP contribution in [0.5, 0.6) is 0 Å². The Hall–Kier alpha value is -2.56. The van der Waals surface area contributed by atoms with E-state index in [4.69, 9.17) is 0 Å². The molecule has 0 fully saturated rings. The van der Waals surface area contributed by atoms with Crippen molar-refractivity contribution in [3.63, 3.8) is 0 Å². The van der Waals surface area contributed by atoms with Crippen LogP contribution in [0.4, 0.5) is 0 Å². The van der Waals surface area contributed by atoms with Gasteiger partial charge in [0.05, 0.1) is 12.0 Å². The van der Waals surface area contributed by atoms with E-state index in [1.807, 2.05) is 91.2 Å². The average molecular weight is 378 g/mol. The molecule has 1 unspecified atom stereocenters. The number of thioether (sulfide) groups is 1. The molecule has 4 heteroatoms. The lowest BCUT2D eigenvalue weighted by molar-refractivity contribution is -0.122. The molecule has 3 rings (SSSR count). The van der Waals surface area contributed by atoms with Gasteiger partial charge in [-0.3, -0.25) is 4.79 Å². The van der Waals surface area contributed by atoms with Gasteiger partial charge in [-0.2, -0.15) is 0 Å². The Bertz CT molecular complexity index is 811. The van der Waals surface area contributed by atoms with Crippen LogP contribution in [0.1, 0.15) is 28.7 Å². The molecule has 0 aliphatic heterocycles. The van der Waals surface area contributed by atoms with Crippen LogP contribution in [0.2, 0.25) is 0 Å². The monoisotopic (exact) mass is 377 g/mol. The van der Waals surface area contributed by atoms with Gasteiger partial charge in [-0.05, 0) is 35.1 Å². The number of hydrogen-bond acceptors (Lipinski definition) is 3. The van der Waals surface area contributed by atoms with Gasteiger partial charge < -0.3 is 10.4 Å². The summed E-state index contributed by atoms with van der Waals surface area (Å²) >= 11 is 1.66. The van der Waals surface area contributed by atoms with Crippen molar-refractivity contribution in [3.05, 3.63) is 102 Å². The van der Waals surface area contributed by atoms with Crippen LogP contribution < -0.4 is 5.32 Å². The van der Waals surface area contributed by atoms with Crippen molar-refractivity contribution in [2.45, 2.75) is 16.9 Å². The van der Waals surface area contributed by atoms with E-state index >= 15 is 0 Å². The van der Waals surface area contributed by atoms with Gasteiger partial charge in [0.1, 0.15) is 0 Å². The number of rotatable bonds is 7. The number of carbonyl (C=O) groups excluding carboxylic acids is 1. The van der Waals surface area contributed by atoms with E-state index in [-0.39, 0.29) is 12.5 Å². The molecule has 3 aromatic carbocycles. The van der Waals surface area contributed by atoms with Gasteiger partial charge in [-0.1, -0.05) is 72.8 Å². The van der Waals surface area contributed by atoms with Crippen LogP contribution in [-0.2, 0) is 4.79 Å². The number of nitrogens with one attached hydrogen (secondary N) is 1. The summed E-state index contributed by atoms with van der Waals surface area (Å²) < 4.78 is 0. The Morgan fingerprint density at radius 2 is 1.37 bits per heavy atom. The van der Waals surface area contributed by atoms with Crippen molar-refractivity contribution < 1.29 is 9.90 Å². The van der Waals surface area contributed by atoms with E-state index in [1.165, 1.54) is 0 Å². The molecule has 0 aromatic heterocycles. The molecule has 3 aromatic rings. The summed E-state index contributed by atoms with van der Waals surface area (Å²) in [5, 5.41) is 13.3. The first-order chi connectivity index (χ1) is 13.2. The lowest BCUT2D eigenvalue weighted by atomic mass is 9.90. The highest BCUT2D eigenvalue weighted by Crippen LogP contribution is 2.25. The van der Waals surface area contributed by atoms with Gasteiger partial charge in [0.2, 0.25) is 5.91 Å². The molecule has 138 valence electrons. The van der Waals surface area contributed by atoms with Crippen molar-refractivity contribution >= 4 is 17.7 Å². The Balaban J connectivity index is 1.73. The summed E-state index contributed by atoms with van der Waals surface area (Å²) in [6, 6.07) is 27.2. The highest BCUT2D eigenvalue weighted by molar-refractivity contribution is 7.98. The Kier molecular flexibility index (Phi) is 6.69. The van der Waals surface area contributed by atoms with Crippen molar-refractivity contribution in [1.29, 1.82) is 0 Å². The fraction of sp³-hybridized carbons (Fsp3) is 0.174. The van der Waals surface area contributed by atoms with Crippen LogP contribution >= 0.6 is 11.8 Å². The molecule has 0 saturated carbocycles. The summed E-state index contributed by atoms with van der Waals surface area (Å²) in [5.74, 6) is -0.523. The third-order valence-corrected chi connectivity index (χ3v) is 5.24. The minimum absolute atomic E-state index is 0.118. The lowest BCUT2D eigenvalue weighted by Crippen LogP contribution is -2.33. The van der Waals surface area contributed by atoms with Crippen molar-refractivity contribution in [2.24, 2.45) is 0 Å². The number of carbonyl (C=O) groups is 1. The Morgan fingerprint density at radius 1 is 0.852 bits per heavy atom. The Labute approximate surface area is 164 Å². The molecule has 0 radical (unpaired) electrons. The Morgan fingerprint density at radius 3 is 1.85 bits per heavy atom. The minimum Gasteiger partial charge on any atom is -0.387 e. The maximum absolute atomic E-state index is 13.0. The van der Waals surface area contributed by atoms with Gasteiger partial charge in [0.15, 0.2) is 0 Å². The van der Waals surface area contributed by atoms with Crippen LogP contribution in [0.15, 0.2) is 89.8 Å². The summed E-state index contributed by atoms with van der Waals surface area (Å²) in [6.07, 6.45) is 1.27. The van der Waals surface area contributed by atoms with E-state index in [0.717, 1.165) is 21.6 Å². The zero-order valence-electron chi connectivity index (χ0n) is 15.2. The topological polar surface area (TPSA) is 49.3 Å². The summed E-state index contributed by atoms with van der Waals surface area (Å²) in [7, 11) is 0. The molecule has 0 bridgehead atoms. The predicted octanol–water partition coefficient (Wildman–Crippen LogP) is 4.39. The standard InChI is InChI=1S/C23H23NO2S/c1-27-20-14-12-17(13-15-20)21(25)16-24-23(26)22(18-8-4-2-5-9-18)19-10-6-3-7-11-19/h2-15,21-22,25H,16H2,1H3,(H,24,26). The van der Waals surface area contributed by atoms with Gasteiger partial charge in [0.25, 0.3) is 0 Å². The molecule has 0 aliphatic rings. The second kappa shape index (κ2) is 9.40. The highest BCUT2D eigenvalue weighted by atomic mass is 32.2. The van der Waals surface area contributed by atoms with E-state index in [1.54, 1.807) is 11.8 Å². The molecule has 2 N–H and O–H groups in total. The average Bonchev–Trinajstić information content (AvgIpc) is 2.74. The molecular weight excluding hydrogens is 354 g/mol. The normalized spacial score (nSPS) is 12.0. The fourth-order valence-corrected chi connectivity index (χ4v) is 3.44. The number of aliphatic hydroxyl groups excluding tert-OH is 1. The maximum atomic E-state index is 13.0. The van der Waals surface area contributed by atoms with Crippen molar-refractivity contribution in [2.75, 3.05) is 12.8 Å². The van der Waals surface area contributed by atoms with E-state index < -0.39 is 12.0 Å². The third-order valence-electron chi connectivity index (χ3n) is 4.50. The second-order valence-corrected chi connectivity index (χ2v) is 7.17. The van der Waals surface area contributed by atoms with Gasteiger partial charge in [0, 0.05) is 11.4 Å². The molecule has 27 heavy (non-hydrogen) atoms. The van der Waals surface area contributed by atoms with Crippen molar-refractivity contribution in [1.82, 2.24) is 5.32 Å². The zero-order chi connectivity index (χ0) is 19.1. The first-order valence-corrected chi connectivity index (χ1v) is 10.1. The highest BCUT2D eigenvalue weighted by Gasteiger charge is 2.23. The second-order valence-electron chi connectivity index (χ2n) is 6.29. The van der Waals surface area contributed by atoms with Crippen molar-refractivity contribution in [3.8, 4) is 0 Å². The molecule has 0 aliphatic carbocycles. The molecular formula is C23H23NO2S. The molecule has 0 heterocycles. The predicted molar refractivity (Wildman–Crippen MR) is 111 cm³/mol. The molecule has 1 amide bonds. The number of amides is 1. The SMILES string of the molecule is CSc1ccc(C(O)CNC(=O)C(c2ccccc2)c2ccccc2)cc1. The minimum atomic E-state index is -0.739. The smallest absolute Gasteiger partial charge is 0.232 e. The molecule has 3 nitrogen and oxygen atoms in total. The van der Waals surface area contributed by atoms with Crippen LogP contribution in [-0.4, -0.2) is 23.8 Å². The molecule has 0 saturated heterocycles. The van der Waals surface area contributed by atoms with E-state index in [0.29, 0.717) is 0 Å². The van der Waals surface area contributed by atoms with Crippen LogP contribution in [0.3, 0.4) is 0 Å². The van der Waals surface area contributed by atoms with Gasteiger partial charge >= 0.3 is 0 Å². The summed E-state index contributed by atoms with van der Waals surface area (Å²) in [6.45, 7) is 0.174. The third kappa shape index (κ3) is 5.00. The number of hydrogen-bond donors (Lipinski definition) is 2. The lowest BCUT2D eigenvalue weighted by Gasteiger charge is -2.19. The summed E-state index contributed by atoms with van der Waals surface area (Å²) in [4.78, 5) is 14.1. The number of aliphatic hydroxyl groups is 1. The first kappa shape index (κ1) is 19.2. The van der Waals surface area contributed by atoms with Gasteiger partial charge in [-0.15, -0.1) is 11.8 Å². The fourth-order valence-electron chi connectivity index (χ4n) is 3.03. The zero-order valence-corrected chi connectivity index (χ0v) is 16.0. The maximum Gasteiger partial charge on any atom is 0.232 e. The quantitative estimate of drug-likeness (QED) is 0.601. The summed E-state index contributed by atoms with van der Waals surface area (Å²) in [5.41, 5.74) is 2.66. The largest absolute Gasteiger partial charge is 0.387 e. The number of benzene rings is 3. The molecule has 1 atom stereocenters. The van der Waals surface area contributed by atoms with Crippen LogP contribution in [0.25, 0.3) is 0 Å².